The summed E-state index contributed by atoms with van der Waals surface area (Å²) in [5.41, 5.74) is 1.61. The van der Waals surface area contributed by atoms with E-state index in [9.17, 15) is 9.59 Å². The standard InChI is InChI=1S/C18H21NO3/c1-13(7-8-14-9-10-14)17(20)19-16(12-22-18(19)21)11-15-5-3-2-4-6-15/h2-6,14,16H,1,7-12H2. The van der Waals surface area contributed by atoms with Gasteiger partial charge in [-0.05, 0) is 30.7 Å². The predicted molar refractivity (Wildman–Crippen MR) is 83.2 cm³/mol. The van der Waals surface area contributed by atoms with Crippen LogP contribution in [-0.4, -0.2) is 29.5 Å². The Balaban J connectivity index is 1.64. The van der Waals surface area contributed by atoms with Crippen LogP contribution in [0.15, 0.2) is 42.5 Å². The van der Waals surface area contributed by atoms with E-state index < -0.39 is 6.09 Å². The maximum absolute atomic E-state index is 12.5. The molecule has 22 heavy (non-hydrogen) atoms. The van der Waals surface area contributed by atoms with Crippen LogP contribution in [0.2, 0.25) is 0 Å². The molecule has 2 aliphatic rings. The van der Waals surface area contributed by atoms with E-state index in [2.05, 4.69) is 6.58 Å². The maximum Gasteiger partial charge on any atom is 0.417 e. The lowest BCUT2D eigenvalue weighted by molar-refractivity contribution is -0.125. The molecule has 1 heterocycles. The molecule has 1 aliphatic carbocycles. The molecule has 4 nitrogen and oxygen atoms in total. The third kappa shape index (κ3) is 3.38. The lowest BCUT2D eigenvalue weighted by Gasteiger charge is -2.20. The zero-order valence-corrected chi connectivity index (χ0v) is 12.7. The SMILES string of the molecule is C=C(CCC1CC1)C(=O)N1C(=O)OCC1Cc1ccccc1. The molecule has 4 heteroatoms. The molecule has 1 unspecified atom stereocenters. The Kier molecular flexibility index (Phi) is 4.27. The van der Waals surface area contributed by atoms with E-state index in [0.717, 1.165) is 17.9 Å². The van der Waals surface area contributed by atoms with Crippen molar-refractivity contribution in [3.05, 3.63) is 48.0 Å². The number of carbonyl (C=O) groups is 2. The molecule has 0 N–H and O–H groups in total. The molecule has 1 aromatic carbocycles. The largest absolute Gasteiger partial charge is 0.447 e. The van der Waals surface area contributed by atoms with Gasteiger partial charge in [0.05, 0.1) is 6.04 Å². The van der Waals surface area contributed by atoms with E-state index in [4.69, 9.17) is 4.74 Å². The summed E-state index contributed by atoms with van der Waals surface area (Å²) < 4.78 is 5.08. The highest BCUT2D eigenvalue weighted by atomic mass is 16.6. The molecule has 2 amide bonds. The highest BCUT2D eigenvalue weighted by Crippen LogP contribution is 2.34. The summed E-state index contributed by atoms with van der Waals surface area (Å²) in [5, 5.41) is 0. The first-order valence-electron chi connectivity index (χ1n) is 7.87. The quantitative estimate of drug-likeness (QED) is 0.757. The number of ether oxygens (including phenoxy) is 1. The van der Waals surface area contributed by atoms with Crippen LogP contribution in [0.4, 0.5) is 4.79 Å². The average molecular weight is 299 g/mol. The molecule has 0 radical (unpaired) electrons. The summed E-state index contributed by atoms with van der Waals surface area (Å²) >= 11 is 0. The van der Waals surface area contributed by atoms with Crippen molar-refractivity contribution in [1.29, 1.82) is 0 Å². The Bertz CT molecular complexity index is 577. The van der Waals surface area contributed by atoms with Gasteiger partial charge in [-0.2, -0.15) is 0 Å². The molecule has 2 fully saturated rings. The fourth-order valence-corrected chi connectivity index (χ4v) is 2.81. The number of nitrogens with zero attached hydrogens (tertiary/aromatic N) is 1. The van der Waals surface area contributed by atoms with E-state index in [1.165, 1.54) is 17.7 Å². The van der Waals surface area contributed by atoms with Gasteiger partial charge in [-0.3, -0.25) is 4.79 Å². The van der Waals surface area contributed by atoms with Gasteiger partial charge in [-0.1, -0.05) is 49.8 Å². The van der Waals surface area contributed by atoms with Crippen LogP contribution in [0.1, 0.15) is 31.2 Å². The van der Waals surface area contributed by atoms with Gasteiger partial charge in [0.2, 0.25) is 0 Å². The van der Waals surface area contributed by atoms with Crippen LogP contribution < -0.4 is 0 Å². The van der Waals surface area contributed by atoms with Crippen LogP contribution in [0.25, 0.3) is 0 Å². The number of hydrogen-bond acceptors (Lipinski definition) is 3. The Hall–Kier alpha value is -2.10. The molecule has 1 saturated carbocycles. The first kappa shape index (κ1) is 14.8. The molecule has 116 valence electrons. The van der Waals surface area contributed by atoms with Crippen molar-refractivity contribution in [3.8, 4) is 0 Å². The Morgan fingerprint density at radius 1 is 1.27 bits per heavy atom. The minimum atomic E-state index is -0.543. The van der Waals surface area contributed by atoms with Gasteiger partial charge in [-0.25, -0.2) is 9.69 Å². The minimum Gasteiger partial charge on any atom is -0.447 e. The molecular weight excluding hydrogens is 278 g/mol. The van der Waals surface area contributed by atoms with Crippen molar-refractivity contribution in [3.63, 3.8) is 0 Å². The maximum atomic E-state index is 12.5. The highest BCUT2D eigenvalue weighted by Gasteiger charge is 2.38. The van der Waals surface area contributed by atoms with Gasteiger partial charge in [-0.15, -0.1) is 0 Å². The lowest BCUT2D eigenvalue weighted by Crippen LogP contribution is -2.40. The summed E-state index contributed by atoms with van der Waals surface area (Å²) in [5.74, 6) is 0.472. The molecule has 1 saturated heterocycles. The Morgan fingerprint density at radius 3 is 2.68 bits per heavy atom. The summed E-state index contributed by atoms with van der Waals surface area (Å²) in [6.45, 7) is 4.14. The Labute approximate surface area is 130 Å². The van der Waals surface area contributed by atoms with Crippen LogP contribution in [0, 0.1) is 5.92 Å². The highest BCUT2D eigenvalue weighted by molar-refractivity contribution is 6.03. The summed E-state index contributed by atoms with van der Waals surface area (Å²) in [6, 6.07) is 9.60. The molecule has 1 aliphatic heterocycles. The summed E-state index contributed by atoms with van der Waals surface area (Å²) in [4.78, 5) is 25.7. The van der Waals surface area contributed by atoms with Crippen molar-refractivity contribution in [1.82, 2.24) is 4.90 Å². The molecule has 1 atom stereocenters. The van der Waals surface area contributed by atoms with Gasteiger partial charge < -0.3 is 4.74 Å². The summed E-state index contributed by atoms with van der Waals surface area (Å²) in [6.07, 6.45) is 4.25. The lowest BCUT2D eigenvalue weighted by atomic mass is 10.0. The third-order valence-electron chi connectivity index (χ3n) is 4.35. The first-order chi connectivity index (χ1) is 10.6. The van der Waals surface area contributed by atoms with E-state index in [1.54, 1.807) is 0 Å². The van der Waals surface area contributed by atoms with Gasteiger partial charge in [0.15, 0.2) is 0 Å². The smallest absolute Gasteiger partial charge is 0.417 e. The second-order valence-electron chi connectivity index (χ2n) is 6.18. The first-order valence-corrected chi connectivity index (χ1v) is 7.87. The molecular formula is C18H21NO3. The third-order valence-corrected chi connectivity index (χ3v) is 4.35. The normalized spacial score (nSPS) is 20.8. The predicted octanol–water partition coefficient (Wildman–Crippen LogP) is 3.32. The number of rotatable bonds is 6. The van der Waals surface area contributed by atoms with Gasteiger partial charge in [0.25, 0.3) is 5.91 Å². The van der Waals surface area contributed by atoms with Crippen LogP contribution in [-0.2, 0) is 16.0 Å². The van der Waals surface area contributed by atoms with Crippen LogP contribution in [0.3, 0.4) is 0 Å². The molecule has 0 bridgehead atoms. The van der Waals surface area contributed by atoms with E-state index in [0.29, 0.717) is 18.4 Å². The minimum absolute atomic E-state index is 0.236. The van der Waals surface area contributed by atoms with Crippen molar-refractivity contribution in [2.75, 3.05) is 6.61 Å². The molecule has 0 aromatic heterocycles. The number of imide groups is 1. The fourth-order valence-electron chi connectivity index (χ4n) is 2.81. The van der Waals surface area contributed by atoms with Crippen LogP contribution >= 0.6 is 0 Å². The van der Waals surface area contributed by atoms with Crippen LogP contribution in [0.5, 0.6) is 0 Å². The van der Waals surface area contributed by atoms with Gasteiger partial charge in [0, 0.05) is 5.57 Å². The van der Waals surface area contributed by atoms with E-state index in [1.807, 2.05) is 30.3 Å². The van der Waals surface area contributed by atoms with Gasteiger partial charge in [0.1, 0.15) is 6.61 Å². The fraction of sp³-hybridized carbons (Fsp3) is 0.444. The Morgan fingerprint density at radius 2 is 2.00 bits per heavy atom. The number of benzene rings is 1. The number of amides is 2. The van der Waals surface area contributed by atoms with Gasteiger partial charge >= 0.3 is 6.09 Å². The van der Waals surface area contributed by atoms with Crippen molar-refractivity contribution in [2.24, 2.45) is 5.92 Å². The van der Waals surface area contributed by atoms with Crippen molar-refractivity contribution >= 4 is 12.0 Å². The van der Waals surface area contributed by atoms with Crippen molar-refractivity contribution < 1.29 is 14.3 Å². The number of hydrogen-bond donors (Lipinski definition) is 0. The second-order valence-corrected chi connectivity index (χ2v) is 6.18. The number of cyclic esters (lactones) is 1. The zero-order valence-electron chi connectivity index (χ0n) is 12.7. The topological polar surface area (TPSA) is 46.6 Å². The molecule has 1 aromatic rings. The van der Waals surface area contributed by atoms with Crippen molar-refractivity contribution in [2.45, 2.75) is 38.1 Å². The van der Waals surface area contributed by atoms with E-state index in [-0.39, 0.29) is 18.6 Å². The molecule has 0 spiro atoms. The number of carbonyl (C=O) groups excluding carboxylic acids is 2. The monoisotopic (exact) mass is 299 g/mol. The summed E-state index contributed by atoms with van der Waals surface area (Å²) in [7, 11) is 0. The molecule has 3 rings (SSSR count). The van der Waals surface area contributed by atoms with E-state index >= 15 is 0 Å². The second kappa shape index (κ2) is 6.34. The average Bonchev–Trinajstić information content (AvgIpc) is 3.29. The zero-order chi connectivity index (χ0) is 15.5.